The minimum atomic E-state index is -0.697. The average molecular weight is 501 g/mol. The SMILES string of the molecule is Cc1cc(C)c(C)c(OCC(=O)N(Cc2ccccc2C)[C@@H](Cc2ccccc2)C(=O)NC(C)(C)C)c1. The van der Waals surface area contributed by atoms with E-state index in [1.165, 1.54) is 0 Å². The summed E-state index contributed by atoms with van der Waals surface area (Å²) in [6.07, 6.45) is 0.406. The first-order valence-electron chi connectivity index (χ1n) is 12.8. The molecule has 0 saturated carbocycles. The Kier molecular flexibility index (Phi) is 9.14. The summed E-state index contributed by atoms with van der Waals surface area (Å²) >= 11 is 0. The maximum Gasteiger partial charge on any atom is 0.261 e. The molecule has 2 amide bonds. The van der Waals surface area contributed by atoms with Gasteiger partial charge < -0.3 is 15.0 Å². The Bertz CT molecular complexity index is 1230. The van der Waals surface area contributed by atoms with Crippen molar-refractivity contribution in [3.05, 3.63) is 100 Å². The van der Waals surface area contributed by atoms with Gasteiger partial charge in [-0.15, -0.1) is 0 Å². The van der Waals surface area contributed by atoms with Crippen LogP contribution in [-0.2, 0) is 22.6 Å². The van der Waals surface area contributed by atoms with Crippen LogP contribution in [0.25, 0.3) is 0 Å². The van der Waals surface area contributed by atoms with E-state index in [1.54, 1.807) is 4.90 Å². The maximum atomic E-state index is 13.8. The number of hydrogen-bond acceptors (Lipinski definition) is 3. The van der Waals surface area contributed by atoms with E-state index in [0.717, 1.165) is 33.4 Å². The van der Waals surface area contributed by atoms with Gasteiger partial charge in [-0.2, -0.15) is 0 Å². The highest BCUT2D eigenvalue weighted by Gasteiger charge is 2.32. The maximum absolute atomic E-state index is 13.8. The lowest BCUT2D eigenvalue weighted by molar-refractivity contribution is -0.143. The first kappa shape index (κ1) is 28.0. The molecular formula is C32H40N2O3. The van der Waals surface area contributed by atoms with Crippen molar-refractivity contribution >= 4 is 11.8 Å². The van der Waals surface area contributed by atoms with Crippen molar-refractivity contribution in [1.29, 1.82) is 0 Å². The zero-order chi connectivity index (χ0) is 27.2. The van der Waals surface area contributed by atoms with E-state index in [4.69, 9.17) is 4.74 Å². The van der Waals surface area contributed by atoms with Crippen molar-refractivity contribution in [1.82, 2.24) is 10.2 Å². The number of hydrogen-bond donors (Lipinski definition) is 1. The Balaban J connectivity index is 1.97. The van der Waals surface area contributed by atoms with Crippen molar-refractivity contribution in [2.45, 2.75) is 73.0 Å². The normalized spacial score (nSPS) is 12.1. The zero-order valence-corrected chi connectivity index (χ0v) is 23.2. The molecule has 0 aromatic heterocycles. The number of aryl methyl sites for hydroxylation is 3. The average Bonchev–Trinajstić information content (AvgIpc) is 2.83. The molecule has 3 aromatic carbocycles. The van der Waals surface area contributed by atoms with Gasteiger partial charge in [0.1, 0.15) is 11.8 Å². The van der Waals surface area contributed by atoms with E-state index >= 15 is 0 Å². The molecule has 0 saturated heterocycles. The second kappa shape index (κ2) is 12.1. The summed E-state index contributed by atoms with van der Waals surface area (Å²) in [6, 6.07) is 21.2. The number of rotatable bonds is 9. The number of amides is 2. The summed E-state index contributed by atoms with van der Waals surface area (Å²) in [4.78, 5) is 29.2. The summed E-state index contributed by atoms with van der Waals surface area (Å²) in [5.74, 6) is 0.285. The van der Waals surface area contributed by atoms with Gasteiger partial charge in [0.15, 0.2) is 6.61 Å². The first-order valence-corrected chi connectivity index (χ1v) is 12.8. The molecule has 37 heavy (non-hydrogen) atoms. The smallest absolute Gasteiger partial charge is 0.261 e. The second-order valence-electron chi connectivity index (χ2n) is 10.9. The number of carbonyl (C=O) groups excluding carboxylic acids is 2. The largest absolute Gasteiger partial charge is 0.483 e. The standard InChI is InChI=1S/C32H40N2O3/c1-22-17-24(3)25(4)29(18-22)37-21-30(35)34(20-27-16-12-11-13-23(27)2)28(31(36)33-32(5,6)7)19-26-14-9-8-10-15-26/h8-18,28H,19-21H2,1-7H3,(H,33,36)/t28-/m0/s1. The van der Waals surface area contributed by atoms with Gasteiger partial charge >= 0.3 is 0 Å². The summed E-state index contributed by atoms with van der Waals surface area (Å²) < 4.78 is 6.07. The molecule has 0 aliphatic rings. The Labute approximate surface area is 221 Å². The van der Waals surface area contributed by atoms with Crippen molar-refractivity contribution in [2.24, 2.45) is 0 Å². The third-order valence-electron chi connectivity index (χ3n) is 6.49. The monoisotopic (exact) mass is 500 g/mol. The van der Waals surface area contributed by atoms with Crippen LogP contribution >= 0.6 is 0 Å². The molecule has 0 aliphatic heterocycles. The number of nitrogens with one attached hydrogen (secondary N) is 1. The summed E-state index contributed by atoms with van der Waals surface area (Å²) in [5.41, 5.74) is 5.83. The molecule has 0 radical (unpaired) electrons. The molecule has 0 aliphatic carbocycles. The van der Waals surface area contributed by atoms with Gasteiger partial charge in [-0.05, 0) is 87.9 Å². The lowest BCUT2D eigenvalue weighted by Gasteiger charge is -2.34. The summed E-state index contributed by atoms with van der Waals surface area (Å²) in [6.45, 7) is 14.1. The predicted octanol–water partition coefficient (Wildman–Crippen LogP) is 5.85. The van der Waals surface area contributed by atoms with Crippen LogP contribution in [0, 0.1) is 27.7 Å². The van der Waals surface area contributed by atoms with Gasteiger partial charge in [-0.25, -0.2) is 0 Å². The fourth-order valence-electron chi connectivity index (χ4n) is 4.35. The zero-order valence-electron chi connectivity index (χ0n) is 23.2. The van der Waals surface area contributed by atoms with Gasteiger partial charge in [0.05, 0.1) is 0 Å². The Morgan fingerprint density at radius 2 is 1.54 bits per heavy atom. The minimum Gasteiger partial charge on any atom is -0.483 e. The van der Waals surface area contributed by atoms with Crippen molar-refractivity contribution in [3.8, 4) is 5.75 Å². The predicted molar refractivity (Wildman–Crippen MR) is 150 cm³/mol. The molecule has 196 valence electrons. The molecule has 0 fully saturated rings. The van der Waals surface area contributed by atoms with Crippen LogP contribution in [-0.4, -0.2) is 34.9 Å². The van der Waals surface area contributed by atoms with E-state index in [1.807, 2.05) is 109 Å². The summed E-state index contributed by atoms with van der Waals surface area (Å²) in [5, 5.41) is 3.10. The van der Waals surface area contributed by atoms with Crippen molar-refractivity contribution < 1.29 is 14.3 Å². The van der Waals surface area contributed by atoms with Gasteiger partial charge in [0.2, 0.25) is 5.91 Å². The lowest BCUT2D eigenvalue weighted by Crippen LogP contribution is -2.55. The van der Waals surface area contributed by atoms with Crippen LogP contribution in [0.4, 0.5) is 0 Å². The molecule has 0 spiro atoms. The van der Waals surface area contributed by atoms with Gasteiger partial charge in [-0.1, -0.05) is 60.7 Å². The molecule has 0 bridgehead atoms. The highest BCUT2D eigenvalue weighted by atomic mass is 16.5. The van der Waals surface area contributed by atoms with E-state index in [0.29, 0.717) is 18.7 Å². The number of carbonyl (C=O) groups is 2. The molecule has 3 rings (SSSR count). The summed E-state index contributed by atoms with van der Waals surface area (Å²) in [7, 11) is 0. The Morgan fingerprint density at radius 3 is 2.19 bits per heavy atom. The topological polar surface area (TPSA) is 58.6 Å². The molecule has 5 heteroatoms. The van der Waals surface area contributed by atoms with Gasteiger partial charge in [0.25, 0.3) is 5.91 Å². The molecule has 1 N–H and O–H groups in total. The number of nitrogens with zero attached hydrogens (tertiary/aromatic N) is 1. The fourth-order valence-corrected chi connectivity index (χ4v) is 4.35. The van der Waals surface area contributed by atoms with Crippen LogP contribution in [0.1, 0.15) is 54.2 Å². The van der Waals surface area contributed by atoms with E-state index < -0.39 is 11.6 Å². The second-order valence-corrected chi connectivity index (χ2v) is 10.9. The van der Waals surface area contributed by atoms with E-state index in [2.05, 4.69) is 11.4 Å². The number of ether oxygens (including phenoxy) is 1. The quantitative estimate of drug-likeness (QED) is 0.401. The molecule has 0 unspecified atom stereocenters. The van der Waals surface area contributed by atoms with Crippen LogP contribution in [0.2, 0.25) is 0 Å². The fraction of sp³-hybridized carbons (Fsp3) is 0.375. The Hall–Kier alpha value is -3.60. The van der Waals surface area contributed by atoms with Crippen LogP contribution < -0.4 is 10.1 Å². The van der Waals surface area contributed by atoms with E-state index in [9.17, 15) is 9.59 Å². The highest BCUT2D eigenvalue weighted by molar-refractivity contribution is 5.89. The van der Waals surface area contributed by atoms with Gasteiger partial charge in [-0.3, -0.25) is 9.59 Å². The minimum absolute atomic E-state index is 0.149. The third kappa shape index (κ3) is 7.94. The van der Waals surface area contributed by atoms with Crippen molar-refractivity contribution in [2.75, 3.05) is 6.61 Å². The first-order chi connectivity index (χ1) is 17.4. The highest BCUT2D eigenvalue weighted by Crippen LogP contribution is 2.24. The lowest BCUT2D eigenvalue weighted by atomic mass is 10.00. The van der Waals surface area contributed by atoms with Crippen LogP contribution in [0.5, 0.6) is 5.75 Å². The Morgan fingerprint density at radius 1 is 0.892 bits per heavy atom. The molecule has 5 nitrogen and oxygen atoms in total. The van der Waals surface area contributed by atoms with Gasteiger partial charge in [0, 0.05) is 18.5 Å². The molecule has 1 atom stereocenters. The van der Waals surface area contributed by atoms with Crippen LogP contribution in [0.3, 0.4) is 0 Å². The molecule has 0 heterocycles. The van der Waals surface area contributed by atoms with E-state index in [-0.39, 0.29) is 18.4 Å². The van der Waals surface area contributed by atoms with Crippen LogP contribution in [0.15, 0.2) is 66.7 Å². The molecular weight excluding hydrogens is 460 g/mol. The van der Waals surface area contributed by atoms with Crippen molar-refractivity contribution in [3.63, 3.8) is 0 Å². The third-order valence-corrected chi connectivity index (χ3v) is 6.49. The molecule has 3 aromatic rings. The number of benzene rings is 3.